The van der Waals surface area contributed by atoms with E-state index in [-0.39, 0.29) is 17.9 Å². The predicted octanol–water partition coefficient (Wildman–Crippen LogP) is 1.35. The largest absolute Gasteiger partial charge is 0.363 e. The zero-order valence-corrected chi connectivity index (χ0v) is 10.4. The standard InChI is InChI=1S/C14H15FN2O2/c15-11-5-1-3-9(8-18)13(11)17-6-2-4-10-12(17)7-16-14(10)19/h1,3,5,8,10,12H,2,4,6-7H2,(H,16,19). The van der Waals surface area contributed by atoms with Gasteiger partial charge in [-0.3, -0.25) is 9.59 Å². The van der Waals surface area contributed by atoms with Crippen molar-refractivity contribution >= 4 is 17.9 Å². The van der Waals surface area contributed by atoms with Crippen molar-refractivity contribution in [2.45, 2.75) is 18.9 Å². The van der Waals surface area contributed by atoms with Gasteiger partial charge in [-0.2, -0.15) is 0 Å². The highest BCUT2D eigenvalue weighted by Crippen LogP contribution is 2.34. The molecule has 2 heterocycles. The van der Waals surface area contributed by atoms with Gasteiger partial charge in [0.05, 0.1) is 17.6 Å². The minimum Gasteiger partial charge on any atom is -0.363 e. The minimum atomic E-state index is -0.399. The van der Waals surface area contributed by atoms with Crippen LogP contribution in [-0.2, 0) is 4.79 Å². The zero-order chi connectivity index (χ0) is 13.4. The van der Waals surface area contributed by atoms with E-state index in [0.717, 1.165) is 12.8 Å². The molecule has 2 aliphatic heterocycles. The van der Waals surface area contributed by atoms with Crippen LogP contribution in [0.15, 0.2) is 18.2 Å². The van der Waals surface area contributed by atoms with Crippen LogP contribution in [-0.4, -0.2) is 31.3 Å². The lowest BCUT2D eigenvalue weighted by Crippen LogP contribution is -2.46. The van der Waals surface area contributed by atoms with Crippen LogP contribution in [0.4, 0.5) is 10.1 Å². The average Bonchev–Trinajstić information content (AvgIpc) is 2.80. The summed E-state index contributed by atoms with van der Waals surface area (Å²) in [4.78, 5) is 24.7. The Balaban J connectivity index is 2.02. The van der Waals surface area contributed by atoms with Crippen LogP contribution in [0.5, 0.6) is 0 Å². The van der Waals surface area contributed by atoms with Crippen LogP contribution in [0.2, 0.25) is 0 Å². The number of nitrogens with one attached hydrogen (secondary N) is 1. The maximum absolute atomic E-state index is 14.1. The monoisotopic (exact) mass is 262 g/mol. The number of halogens is 1. The first-order valence-electron chi connectivity index (χ1n) is 6.50. The molecule has 100 valence electrons. The number of hydrogen-bond acceptors (Lipinski definition) is 3. The summed E-state index contributed by atoms with van der Waals surface area (Å²) in [6.45, 7) is 1.20. The molecule has 2 fully saturated rings. The number of carbonyl (C=O) groups excluding carboxylic acids is 2. The van der Waals surface area contributed by atoms with Gasteiger partial charge < -0.3 is 10.2 Å². The molecule has 5 heteroatoms. The number of hydrogen-bond donors (Lipinski definition) is 1. The molecule has 2 atom stereocenters. The summed E-state index contributed by atoms with van der Waals surface area (Å²) in [6.07, 6.45) is 2.34. The molecule has 0 aromatic heterocycles. The van der Waals surface area contributed by atoms with E-state index in [1.165, 1.54) is 12.1 Å². The Morgan fingerprint density at radius 1 is 1.42 bits per heavy atom. The molecule has 0 radical (unpaired) electrons. The molecule has 0 aliphatic carbocycles. The van der Waals surface area contributed by atoms with Gasteiger partial charge in [0.25, 0.3) is 0 Å². The summed E-state index contributed by atoms with van der Waals surface area (Å²) in [5.74, 6) is -0.448. The number of nitrogens with zero attached hydrogens (tertiary/aromatic N) is 1. The second kappa shape index (κ2) is 4.64. The maximum Gasteiger partial charge on any atom is 0.225 e. The number of anilines is 1. The van der Waals surface area contributed by atoms with Gasteiger partial charge in [0.2, 0.25) is 5.91 Å². The number of aldehydes is 1. The van der Waals surface area contributed by atoms with Gasteiger partial charge in [-0.15, -0.1) is 0 Å². The lowest BCUT2D eigenvalue weighted by Gasteiger charge is -2.38. The van der Waals surface area contributed by atoms with E-state index in [0.29, 0.717) is 30.6 Å². The van der Waals surface area contributed by atoms with Gasteiger partial charge in [-0.05, 0) is 25.0 Å². The second-order valence-corrected chi connectivity index (χ2v) is 5.05. The highest BCUT2D eigenvalue weighted by atomic mass is 19.1. The van der Waals surface area contributed by atoms with E-state index in [4.69, 9.17) is 0 Å². The minimum absolute atomic E-state index is 0.0405. The zero-order valence-electron chi connectivity index (χ0n) is 10.4. The van der Waals surface area contributed by atoms with E-state index in [1.54, 1.807) is 6.07 Å². The summed E-state index contributed by atoms with van der Waals surface area (Å²) in [6, 6.07) is 4.45. The fraction of sp³-hybridized carbons (Fsp3) is 0.429. The number of benzene rings is 1. The summed E-state index contributed by atoms with van der Waals surface area (Å²) in [5.41, 5.74) is 0.684. The lowest BCUT2D eigenvalue weighted by atomic mass is 9.90. The molecule has 1 N–H and O–H groups in total. The van der Waals surface area contributed by atoms with E-state index in [9.17, 15) is 14.0 Å². The molecule has 0 bridgehead atoms. The summed E-state index contributed by atoms with van der Waals surface area (Å²) < 4.78 is 14.1. The van der Waals surface area contributed by atoms with Crippen molar-refractivity contribution in [3.05, 3.63) is 29.6 Å². The van der Waals surface area contributed by atoms with Gasteiger partial charge in [-0.1, -0.05) is 6.07 Å². The highest BCUT2D eigenvalue weighted by molar-refractivity contribution is 5.87. The van der Waals surface area contributed by atoms with E-state index < -0.39 is 5.82 Å². The first-order chi connectivity index (χ1) is 9.22. The van der Waals surface area contributed by atoms with Crippen molar-refractivity contribution in [2.75, 3.05) is 18.0 Å². The number of fused-ring (bicyclic) bond motifs is 1. The van der Waals surface area contributed by atoms with Crippen LogP contribution in [0, 0.1) is 11.7 Å². The maximum atomic E-state index is 14.1. The summed E-state index contributed by atoms with van der Waals surface area (Å²) in [7, 11) is 0. The van der Waals surface area contributed by atoms with Crippen molar-refractivity contribution in [2.24, 2.45) is 5.92 Å². The fourth-order valence-electron chi connectivity index (χ4n) is 3.16. The van der Waals surface area contributed by atoms with E-state index in [2.05, 4.69) is 5.32 Å². The Morgan fingerprint density at radius 2 is 2.26 bits per heavy atom. The Kier molecular flexibility index (Phi) is 2.97. The third kappa shape index (κ3) is 1.89. The number of amides is 1. The fourth-order valence-corrected chi connectivity index (χ4v) is 3.16. The first kappa shape index (κ1) is 12.1. The molecular weight excluding hydrogens is 247 g/mol. The van der Waals surface area contributed by atoms with Crippen LogP contribution in [0.25, 0.3) is 0 Å². The van der Waals surface area contributed by atoms with Crippen LogP contribution < -0.4 is 10.2 Å². The van der Waals surface area contributed by atoms with Crippen molar-refractivity contribution in [3.8, 4) is 0 Å². The van der Waals surface area contributed by atoms with Crippen LogP contribution in [0.3, 0.4) is 0 Å². The van der Waals surface area contributed by atoms with Gasteiger partial charge in [0, 0.05) is 18.7 Å². The topological polar surface area (TPSA) is 49.4 Å². The van der Waals surface area contributed by atoms with E-state index >= 15 is 0 Å². The molecule has 19 heavy (non-hydrogen) atoms. The predicted molar refractivity (Wildman–Crippen MR) is 68.7 cm³/mol. The Bertz CT molecular complexity index is 532. The molecule has 0 saturated carbocycles. The molecule has 2 unspecified atom stereocenters. The molecule has 0 spiro atoms. The van der Waals surface area contributed by atoms with Gasteiger partial charge >= 0.3 is 0 Å². The first-order valence-corrected chi connectivity index (χ1v) is 6.50. The number of rotatable bonds is 2. The number of para-hydroxylation sites is 1. The third-order valence-corrected chi connectivity index (χ3v) is 4.03. The number of carbonyl (C=O) groups is 2. The van der Waals surface area contributed by atoms with Crippen molar-refractivity contribution < 1.29 is 14.0 Å². The summed E-state index contributed by atoms with van der Waals surface area (Å²) >= 11 is 0. The van der Waals surface area contributed by atoms with Crippen molar-refractivity contribution in [1.29, 1.82) is 0 Å². The van der Waals surface area contributed by atoms with Gasteiger partial charge in [0.15, 0.2) is 6.29 Å². The van der Waals surface area contributed by atoms with Crippen LogP contribution in [0.1, 0.15) is 23.2 Å². The quantitative estimate of drug-likeness (QED) is 0.819. The van der Waals surface area contributed by atoms with Crippen LogP contribution >= 0.6 is 0 Å². The van der Waals surface area contributed by atoms with E-state index in [1.807, 2.05) is 4.90 Å². The highest BCUT2D eigenvalue weighted by Gasteiger charge is 2.41. The molecule has 3 rings (SSSR count). The SMILES string of the molecule is O=Cc1cccc(F)c1N1CCCC2C(=O)NCC21. The second-order valence-electron chi connectivity index (χ2n) is 5.05. The molecule has 1 aromatic rings. The van der Waals surface area contributed by atoms with Gasteiger partial charge in [0.1, 0.15) is 5.82 Å². The van der Waals surface area contributed by atoms with Crippen molar-refractivity contribution in [1.82, 2.24) is 5.32 Å². The van der Waals surface area contributed by atoms with Gasteiger partial charge in [-0.25, -0.2) is 4.39 Å². The number of piperidine rings is 1. The normalized spacial score (nSPS) is 25.9. The molecule has 2 aliphatic rings. The molecule has 2 saturated heterocycles. The smallest absolute Gasteiger partial charge is 0.225 e. The lowest BCUT2D eigenvalue weighted by molar-refractivity contribution is -0.123. The Morgan fingerprint density at radius 3 is 3.05 bits per heavy atom. The molecule has 1 amide bonds. The molecular formula is C14H15FN2O2. The summed E-state index contributed by atoms with van der Waals surface area (Å²) in [5, 5.41) is 2.83. The third-order valence-electron chi connectivity index (χ3n) is 4.03. The average molecular weight is 262 g/mol. The molecule has 1 aromatic carbocycles. The Hall–Kier alpha value is -1.91. The Labute approximate surface area is 110 Å². The molecule has 4 nitrogen and oxygen atoms in total. The van der Waals surface area contributed by atoms with Crippen molar-refractivity contribution in [3.63, 3.8) is 0 Å².